The van der Waals surface area contributed by atoms with E-state index in [4.69, 9.17) is 11.6 Å². The first-order chi connectivity index (χ1) is 11.1. The molecule has 0 radical (unpaired) electrons. The molecule has 0 fully saturated rings. The number of carbonyl (C=O) groups is 1. The number of carbonyl (C=O) groups excluding carboxylic acids is 1. The van der Waals surface area contributed by atoms with Crippen LogP contribution in [0.3, 0.4) is 0 Å². The van der Waals surface area contributed by atoms with Crippen LogP contribution in [0.15, 0.2) is 42.9 Å². The van der Waals surface area contributed by atoms with Crippen LogP contribution in [0.25, 0.3) is 0 Å². The molecule has 0 aliphatic heterocycles. The molecule has 0 saturated heterocycles. The summed E-state index contributed by atoms with van der Waals surface area (Å²) in [5.41, 5.74) is 1.79. The van der Waals surface area contributed by atoms with Gasteiger partial charge in [-0.3, -0.25) is 14.8 Å². The van der Waals surface area contributed by atoms with Crippen LogP contribution in [-0.4, -0.2) is 30.5 Å². The summed E-state index contributed by atoms with van der Waals surface area (Å²) in [5, 5.41) is 11.5. The van der Waals surface area contributed by atoms with E-state index in [0.29, 0.717) is 17.3 Å². The summed E-state index contributed by atoms with van der Waals surface area (Å²) < 4.78 is 3.15. The third-order valence-electron chi connectivity index (χ3n) is 3.17. The van der Waals surface area contributed by atoms with E-state index in [0.717, 1.165) is 5.56 Å². The van der Waals surface area contributed by atoms with Crippen molar-refractivity contribution < 1.29 is 4.79 Å². The number of benzene rings is 1. The number of rotatable bonds is 5. The minimum absolute atomic E-state index is 0.0563. The Morgan fingerprint density at radius 1 is 1.22 bits per heavy atom. The molecule has 3 rings (SSSR count). The van der Waals surface area contributed by atoms with Crippen molar-refractivity contribution in [2.24, 2.45) is 0 Å². The van der Waals surface area contributed by atoms with Crippen LogP contribution in [0.5, 0.6) is 0 Å². The summed E-state index contributed by atoms with van der Waals surface area (Å²) in [7, 11) is 0. The van der Waals surface area contributed by atoms with Crippen LogP contribution in [0.1, 0.15) is 11.3 Å². The van der Waals surface area contributed by atoms with Crippen LogP contribution in [0.4, 0.5) is 5.95 Å². The third-order valence-corrected chi connectivity index (χ3v) is 3.54. The highest BCUT2D eigenvalue weighted by Crippen LogP contribution is 2.12. The second-order valence-corrected chi connectivity index (χ2v) is 5.47. The Morgan fingerprint density at radius 3 is 2.70 bits per heavy atom. The molecule has 0 aliphatic carbocycles. The Balaban J connectivity index is 1.59. The zero-order valence-corrected chi connectivity index (χ0v) is 13.2. The maximum Gasteiger partial charge on any atom is 0.248 e. The molecule has 0 spiro atoms. The molecule has 0 aliphatic rings. The predicted molar refractivity (Wildman–Crippen MR) is 86.2 cm³/mol. The monoisotopic (exact) mass is 330 g/mol. The molecule has 0 bridgehead atoms. The molecule has 1 N–H and O–H groups in total. The molecule has 0 unspecified atom stereocenters. The van der Waals surface area contributed by atoms with Crippen LogP contribution in [0.2, 0.25) is 5.02 Å². The molecule has 2 heterocycles. The number of aryl methyl sites for hydroxylation is 1. The van der Waals surface area contributed by atoms with Crippen molar-refractivity contribution in [2.45, 2.75) is 20.0 Å². The van der Waals surface area contributed by atoms with Gasteiger partial charge in [-0.15, -0.1) is 5.10 Å². The van der Waals surface area contributed by atoms with Gasteiger partial charge in [0, 0.05) is 6.20 Å². The van der Waals surface area contributed by atoms with Gasteiger partial charge in [0.25, 0.3) is 0 Å². The lowest BCUT2D eigenvalue weighted by Crippen LogP contribution is -2.20. The SMILES string of the molecule is Cc1nn(CC(=O)Nc2ncn(Cc3ccccc3)n2)cc1Cl. The minimum Gasteiger partial charge on any atom is -0.292 e. The molecule has 1 amide bonds. The molecule has 7 nitrogen and oxygen atoms in total. The first-order valence-corrected chi connectivity index (χ1v) is 7.41. The molecule has 0 saturated carbocycles. The van der Waals surface area contributed by atoms with E-state index in [1.54, 1.807) is 24.1 Å². The van der Waals surface area contributed by atoms with E-state index < -0.39 is 0 Å². The van der Waals surface area contributed by atoms with E-state index in [2.05, 4.69) is 20.5 Å². The van der Waals surface area contributed by atoms with E-state index >= 15 is 0 Å². The Morgan fingerprint density at radius 2 is 2.00 bits per heavy atom. The van der Waals surface area contributed by atoms with Gasteiger partial charge in [-0.05, 0) is 12.5 Å². The predicted octanol–water partition coefficient (Wildman–Crippen LogP) is 2.12. The summed E-state index contributed by atoms with van der Waals surface area (Å²) >= 11 is 5.91. The van der Waals surface area contributed by atoms with Gasteiger partial charge >= 0.3 is 0 Å². The van der Waals surface area contributed by atoms with Crippen LogP contribution < -0.4 is 5.32 Å². The molecule has 8 heteroatoms. The fourth-order valence-corrected chi connectivity index (χ4v) is 2.23. The van der Waals surface area contributed by atoms with E-state index in [1.165, 1.54) is 4.68 Å². The van der Waals surface area contributed by atoms with Crippen LogP contribution in [-0.2, 0) is 17.9 Å². The average molecular weight is 331 g/mol. The summed E-state index contributed by atoms with van der Waals surface area (Å²) in [5.74, 6) is 0.00235. The Kier molecular flexibility index (Phi) is 4.38. The third kappa shape index (κ3) is 3.95. The highest BCUT2D eigenvalue weighted by molar-refractivity contribution is 6.31. The second-order valence-electron chi connectivity index (χ2n) is 5.06. The average Bonchev–Trinajstić information content (AvgIpc) is 3.07. The molecular weight excluding hydrogens is 316 g/mol. The first kappa shape index (κ1) is 15.2. The van der Waals surface area contributed by atoms with Crippen molar-refractivity contribution >= 4 is 23.5 Å². The lowest BCUT2D eigenvalue weighted by molar-refractivity contribution is -0.116. The molecule has 1 aromatic carbocycles. The van der Waals surface area contributed by atoms with Gasteiger partial charge in [0.05, 0.1) is 17.3 Å². The Labute approximate surface area is 137 Å². The molecule has 23 heavy (non-hydrogen) atoms. The van der Waals surface area contributed by atoms with Gasteiger partial charge in [-0.1, -0.05) is 41.9 Å². The van der Waals surface area contributed by atoms with Crippen LogP contribution in [0, 0.1) is 6.92 Å². The Bertz CT molecular complexity index is 791. The van der Waals surface area contributed by atoms with Crippen molar-refractivity contribution in [3.63, 3.8) is 0 Å². The van der Waals surface area contributed by atoms with Crippen molar-refractivity contribution in [3.05, 3.63) is 59.1 Å². The van der Waals surface area contributed by atoms with Crippen molar-refractivity contribution in [3.8, 4) is 0 Å². The summed E-state index contributed by atoms with van der Waals surface area (Å²) in [6, 6.07) is 9.89. The number of nitrogens with one attached hydrogen (secondary N) is 1. The zero-order chi connectivity index (χ0) is 16.2. The normalized spacial score (nSPS) is 10.7. The van der Waals surface area contributed by atoms with Gasteiger partial charge in [-0.2, -0.15) is 5.10 Å². The lowest BCUT2D eigenvalue weighted by Gasteiger charge is -2.02. The number of aromatic nitrogens is 5. The number of halogens is 1. The topological polar surface area (TPSA) is 77.6 Å². The second kappa shape index (κ2) is 6.62. The Hall–Kier alpha value is -2.67. The van der Waals surface area contributed by atoms with Gasteiger partial charge in [0.1, 0.15) is 12.9 Å². The summed E-state index contributed by atoms with van der Waals surface area (Å²) in [6.07, 6.45) is 3.19. The van der Waals surface area contributed by atoms with Gasteiger partial charge in [0.15, 0.2) is 0 Å². The lowest BCUT2D eigenvalue weighted by atomic mass is 10.2. The van der Waals surface area contributed by atoms with Crippen LogP contribution >= 0.6 is 11.6 Å². The van der Waals surface area contributed by atoms with Gasteiger partial charge in [-0.25, -0.2) is 9.67 Å². The molecule has 118 valence electrons. The highest BCUT2D eigenvalue weighted by atomic mass is 35.5. The standard InChI is InChI=1S/C15H15ClN6O/c1-11-13(16)8-21(19-11)9-14(23)18-15-17-10-22(20-15)7-12-5-3-2-4-6-12/h2-6,8,10H,7,9H2,1H3,(H,18,20,23). The fourth-order valence-electron chi connectivity index (χ4n) is 2.08. The number of anilines is 1. The van der Waals surface area contributed by atoms with Crippen molar-refractivity contribution in [2.75, 3.05) is 5.32 Å². The van der Waals surface area contributed by atoms with Crippen molar-refractivity contribution in [1.29, 1.82) is 0 Å². The quantitative estimate of drug-likeness (QED) is 0.777. The highest BCUT2D eigenvalue weighted by Gasteiger charge is 2.09. The fraction of sp³-hybridized carbons (Fsp3) is 0.200. The molecule has 0 atom stereocenters. The number of nitrogens with zero attached hydrogens (tertiary/aromatic N) is 5. The number of amides is 1. The molecular formula is C15H15ClN6O. The largest absolute Gasteiger partial charge is 0.292 e. The zero-order valence-electron chi connectivity index (χ0n) is 12.5. The molecule has 2 aromatic heterocycles. The van der Waals surface area contributed by atoms with Crippen molar-refractivity contribution in [1.82, 2.24) is 24.5 Å². The minimum atomic E-state index is -0.262. The van der Waals surface area contributed by atoms with E-state index in [1.807, 2.05) is 30.3 Å². The van der Waals surface area contributed by atoms with Gasteiger partial charge < -0.3 is 0 Å². The summed E-state index contributed by atoms with van der Waals surface area (Å²) in [4.78, 5) is 16.0. The smallest absolute Gasteiger partial charge is 0.248 e. The number of hydrogen-bond donors (Lipinski definition) is 1. The maximum atomic E-state index is 12.0. The summed E-state index contributed by atoms with van der Waals surface area (Å²) in [6.45, 7) is 2.43. The van der Waals surface area contributed by atoms with E-state index in [9.17, 15) is 4.79 Å². The van der Waals surface area contributed by atoms with Gasteiger partial charge in [0.2, 0.25) is 11.9 Å². The first-order valence-electron chi connectivity index (χ1n) is 7.03. The molecule has 3 aromatic rings. The number of hydrogen-bond acceptors (Lipinski definition) is 4. The van der Waals surface area contributed by atoms with E-state index in [-0.39, 0.29) is 18.4 Å². The maximum absolute atomic E-state index is 12.0.